The van der Waals surface area contributed by atoms with Crippen molar-refractivity contribution in [1.29, 1.82) is 0 Å². The van der Waals surface area contributed by atoms with E-state index in [-0.39, 0.29) is 22.1 Å². The van der Waals surface area contributed by atoms with Crippen LogP contribution in [0.1, 0.15) is 11.1 Å². The van der Waals surface area contributed by atoms with Crippen molar-refractivity contribution >= 4 is 10.0 Å². The first kappa shape index (κ1) is 21.8. The molecule has 3 aromatic rings. The van der Waals surface area contributed by atoms with E-state index in [0.717, 1.165) is 0 Å². The average molecular weight is 445 g/mol. The Kier molecular flexibility index (Phi) is 5.42. The minimum Gasteiger partial charge on any atom is -0.225 e. The third-order valence-corrected chi connectivity index (χ3v) is 5.25. The van der Waals surface area contributed by atoms with Gasteiger partial charge in [-0.1, -0.05) is 36.4 Å². The molecule has 0 atom stereocenters. The third kappa shape index (κ3) is 4.65. The highest BCUT2D eigenvalue weighted by atomic mass is 32.2. The van der Waals surface area contributed by atoms with E-state index < -0.39 is 33.5 Å². The van der Waals surface area contributed by atoms with Crippen LogP contribution in [0, 0.1) is 0 Å². The quantitative estimate of drug-likeness (QED) is 0.526. The van der Waals surface area contributed by atoms with E-state index in [1.54, 1.807) is 6.07 Å². The number of sulfonamides is 1. The van der Waals surface area contributed by atoms with Gasteiger partial charge in [0, 0.05) is 0 Å². The van der Waals surface area contributed by atoms with Crippen LogP contribution in [-0.2, 0) is 22.4 Å². The molecule has 0 unspecified atom stereocenters. The van der Waals surface area contributed by atoms with Crippen LogP contribution < -0.4 is 5.14 Å². The molecule has 10 heteroatoms. The summed E-state index contributed by atoms with van der Waals surface area (Å²) in [6, 6.07) is 12.4. The highest BCUT2D eigenvalue weighted by molar-refractivity contribution is 7.89. The van der Waals surface area contributed by atoms with Crippen molar-refractivity contribution in [3.8, 4) is 22.3 Å². The molecule has 0 aliphatic carbocycles. The highest BCUT2D eigenvalue weighted by Crippen LogP contribution is 2.40. The lowest BCUT2D eigenvalue weighted by atomic mass is 9.92. The second-order valence-corrected chi connectivity index (χ2v) is 7.97. The summed E-state index contributed by atoms with van der Waals surface area (Å²) in [5, 5.41) is 5.04. The number of hydrogen-bond acceptors (Lipinski definition) is 2. The Hall–Kier alpha value is -2.85. The summed E-state index contributed by atoms with van der Waals surface area (Å²) in [6.07, 6.45) is -9.94. The fourth-order valence-electron chi connectivity index (χ4n) is 2.92. The second-order valence-electron chi connectivity index (χ2n) is 6.41. The Morgan fingerprint density at radius 3 is 1.47 bits per heavy atom. The van der Waals surface area contributed by atoms with Gasteiger partial charge in [-0.05, 0) is 52.6 Å². The van der Waals surface area contributed by atoms with Gasteiger partial charge in [-0.15, -0.1) is 0 Å². The zero-order valence-corrected chi connectivity index (χ0v) is 15.7. The van der Waals surface area contributed by atoms with E-state index >= 15 is 0 Å². The molecule has 0 bridgehead atoms. The first-order valence-corrected chi connectivity index (χ1v) is 9.83. The standard InChI is InChI=1S/C20H13F6NO2S/c21-19(22,23)14-9-13(10-15(11-14)20(24,25)26)18-4-2-1-3-17(18)12-5-7-16(8-6-12)30(27,28)29/h1-11H,(H2,27,28,29). The predicted octanol–water partition coefficient (Wildman–Crippen LogP) is 5.71. The number of nitrogens with two attached hydrogens (primary N) is 1. The number of benzene rings is 3. The van der Waals surface area contributed by atoms with E-state index in [1.807, 2.05) is 0 Å². The molecular formula is C20H13F6NO2S. The van der Waals surface area contributed by atoms with Crippen molar-refractivity contribution in [2.75, 3.05) is 0 Å². The van der Waals surface area contributed by atoms with Gasteiger partial charge in [0.25, 0.3) is 0 Å². The molecule has 0 aliphatic rings. The number of rotatable bonds is 3. The number of primary sulfonamides is 1. The Balaban J connectivity index is 2.21. The van der Waals surface area contributed by atoms with Crippen LogP contribution >= 0.6 is 0 Å². The molecule has 0 radical (unpaired) electrons. The van der Waals surface area contributed by atoms with E-state index in [9.17, 15) is 34.8 Å². The van der Waals surface area contributed by atoms with Crippen molar-refractivity contribution in [3.63, 3.8) is 0 Å². The minimum absolute atomic E-state index is 0.0625. The normalized spacial score (nSPS) is 12.8. The molecule has 0 spiro atoms. The summed E-state index contributed by atoms with van der Waals surface area (Å²) in [5.41, 5.74) is -2.28. The van der Waals surface area contributed by atoms with Gasteiger partial charge in [-0.3, -0.25) is 0 Å². The third-order valence-electron chi connectivity index (χ3n) is 4.32. The Morgan fingerprint density at radius 2 is 1.07 bits per heavy atom. The largest absolute Gasteiger partial charge is 0.416 e. The Bertz CT molecular complexity index is 1150. The molecule has 0 aliphatic heterocycles. The van der Waals surface area contributed by atoms with Crippen LogP contribution in [0.2, 0.25) is 0 Å². The summed E-state index contributed by atoms with van der Waals surface area (Å²) in [7, 11) is -3.96. The van der Waals surface area contributed by atoms with Crippen molar-refractivity contribution < 1.29 is 34.8 Å². The summed E-state index contributed by atoms with van der Waals surface area (Å²) < 4.78 is 102. The molecule has 0 saturated carbocycles. The second kappa shape index (κ2) is 7.44. The van der Waals surface area contributed by atoms with Crippen LogP contribution in [0.25, 0.3) is 22.3 Å². The predicted molar refractivity (Wildman–Crippen MR) is 98.7 cm³/mol. The number of hydrogen-bond donors (Lipinski definition) is 1. The Labute approximate surface area is 167 Å². The first-order valence-electron chi connectivity index (χ1n) is 8.29. The minimum atomic E-state index is -4.97. The molecule has 3 aromatic carbocycles. The maximum atomic E-state index is 13.2. The maximum Gasteiger partial charge on any atom is 0.416 e. The van der Waals surface area contributed by atoms with Crippen molar-refractivity contribution in [3.05, 3.63) is 77.9 Å². The van der Waals surface area contributed by atoms with E-state index in [0.29, 0.717) is 23.3 Å². The monoisotopic (exact) mass is 445 g/mol. The van der Waals surface area contributed by atoms with E-state index in [2.05, 4.69) is 0 Å². The number of alkyl halides is 6. The van der Waals surface area contributed by atoms with Gasteiger partial charge in [0.2, 0.25) is 10.0 Å². The van der Waals surface area contributed by atoms with Gasteiger partial charge < -0.3 is 0 Å². The zero-order valence-electron chi connectivity index (χ0n) is 14.9. The van der Waals surface area contributed by atoms with Crippen LogP contribution in [0.15, 0.2) is 71.6 Å². The molecule has 158 valence electrons. The maximum absolute atomic E-state index is 13.2. The van der Waals surface area contributed by atoms with Crippen LogP contribution in [0.3, 0.4) is 0 Å². The lowest BCUT2D eigenvalue weighted by Gasteiger charge is -2.16. The molecule has 30 heavy (non-hydrogen) atoms. The molecular weight excluding hydrogens is 432 g/mol. The van der Waals surface area contributed by atoms with Gasteiger partial charge in [-0.25, -0.2) is 13.6 Å². The van der Waals surface area contributed by atoms with Crippen LogP contribution in [0.5, 0.6) is 0 Å². The smallest absolute Gasteiger partial charge is 0.225 e. The van der Waals surface area contributed by atoms with Crippen LogP contribution in [0.4, 0.5) is 26.3 Å². The summed E-state index contributed by atoms with van der Waals surface area (Å²) in [6.45, 7) is 0. The molecule has 0 saturated heterocycles. The van der Waals surface area contributed by atoms with Gasteiger partial charge in [0.1, 0.15) is 0 Å². The molecule has 3 nitrogen and oxygen atoms in total. The first-order chi connectivity index (χ1) is 13.8. The molecule has 0 aromatic heterocycles. The summed E-state index contributed by atoms with van der Waals surface area (Å²) >= 11 is 0. The fourth-order valence-corrected chi connectivity index (χ4v) is 3.44. The van der Waals surface area contributed by atoms with Crippen LogP contribution in [-0.4, -0.2) is 8.42 Å². The van der Waals surface area contributed by atoms with Crippen molar-refractivity contribution in [1.82, 2.24) is 0 Å². The summed E-state index contributed by atoms with van der Waals surface area (Å²) in [5.74, 6) is 0. The number of halogens is 6. The lowest BCUT2D eigenvalue weighted by molar-refractivity contribution is -0.143. The molecule has 0 amide bonds. The Morgan fingerprint density at radius 1 is 0.633 bits per heavy atom. The van der Waals surface area contributed by atoms with Gasteiger partial charge in [0.15, 0.2) is 0 Å². The highest BCUT2D eigenvalue weighted by Gasteiger charge is 2.37. The fraction of sp³-hybridized carbons (Fsp3) is 0.100. The van der Waals surface area contributed by atoms with Gasteiger partial charge >= 0.3 is 12.4 Å². The van der Waals surface area contributed by atoms with E-state index in [1.165, 1.54) is 42.5 Å². The van der Waals surface area contributed by atoms with E-state index in [4.69, 9.17) is 5.14 Å². The summed E-state index contributed by atoms with van der Waals surface area (Å²) in [4.78, 5) is -0.179. The average Bonchev–Trinajstić information content (AvgIpc) is 2.66. The topological polar surface area (TPSA) is 60.2 Å². The molecule has 0 heterocycles. The molecule has 0 fully saturated rings. The van der Waals surface area contributed by atoms with Gasteiger partial charge in [0.05, 0.1) is 16.0 Å². The lowest BCUT2D eigenvalue weighted by Crippen LogP contribution is -2.11. The molecule has 2 N–H and O–H groups in total. The van der Waals surface area contributed by atoms with Crippen molar-refractivity contribution in [2.24, 2.45) is 5.14 Å². The SMILES string of the molecule is NS(=O)(=O)c1ccc(-c2ccccc2-c2cc(C(F)(F)F)cc(C(F)(F)F)c2)cc1. The van der Waals surface area contributed by atoms with Gasteiger partial charge in [-0.2, -0.15) is 26.3 Å². The van der Waals surface area contributed by atoms with Crippen molar-refractivity contribution in [2.45, 2.75) is 17.2 Å². The zero-order chi connectivity index (χ0) is 22.3. The molecule has 3 rings (SSSR count).